The standard InChI is InChI=1S/C17H21N5O2/c1-10-14(11-4-2-6-13(23)8-11)16(21-17(19)20-10)22-7-3-5-12(9-22)15(18)24/h2,4,6,8,12,23H,3,5,7,9H2,1H3,(H2,18,24)(H2,19,20,21). The maximum absolute atomic E-state index is 11.6. The van der Waals surface area contributed by atoms with Gasteiger partial charge in [0.2, 0.25) is 11.9 Å². The zero-order chi connectivity index (χ0) is 17.3. The van der Waals surface area contributed by atoms with E-state index in [4.69, 9.17) is 11.5 Å². The minimum Gasteiger partial charge on any atom is -0.508 e. The molecule has 3 rings (SSSR count). The van der Waals surface area contributed by atoms with Crippen molar-refractivity contribution in [3.63, 3.8) is 0 Å². The first-order valence-corrected chi connectivity index (χ1v) is 7.93. The lowest BCUT2D eigenvalue weighted by Gasteiger charge is -2.33. The number of anilines is 2. The maximum atomic E-state index is 11.6. The van der Waals surface area contributed by atoms with Gasteiger partial charge in [-0.25, -0.2) is 4.98 Å². The fourth-order valence-corrected chi connectivity index (χ4v) is 3.21. The van der Waals surface area contributed by atoms with Crippen LogP contribution >= 0.6 is 0 Å². The van der Waals surface area contributed by atoms with Crippen LogP contribution < -0.4 is 16.4 Å². The first kappa shape index (κ1) is 16.0. The van der Waals surface area contributed by atoms with Crippen molar-refractivity contribution in [3.05, 3.63) is 30.0 Å². The van der Waals surface area contributed by atoms with Gasteiger partial charge in [0.25, 0.3) is 0 Å². The van der Waals surface area contributed by atoms with Gasteiger partial charge in [-0.15, -0.1) is 0 Å². The highest BCUT2D eigenvalue weighted by Crippen LogP contribution is 2.35. The number of piperidine rings is 1. The number of nitrogen functional groups attached to an aromatic ring is 1. The van der Waals surface area contributed by atoms with Crippen LogP contribution in [-0.4, -0.2) is 34.1 Å². The molecule has 1 unspecified atom stereocenters. The Kier molecular flexibility index (Phi) is 4.24. The summed E-state index contributed by atoms with van der Waals surface area (Å²) in [6, 6.07) is 6.94. The van der Waals surface area contributed by atoms with E-state index in [0.717, 1.165) is 36.2 Å². The molecular formula is C17H21N5O2. The first-order valence-electron chi connectivity index (χ1n) is 7.93. The number of benzene rings is 1. The molecule has 1 aliphatic heterocycles. The van der Waals surface area contributed by atoms with Gasteiger partial charge in [0.1, 0.15) is 11.6 Å². The third-order valence-electron chi connectivity index (χ3n) is 4.35. The Balaban J connectivity index is 2.08. The average molecular weight is 327 g/mol. The molecule has 1 saturated heterocycles. The molecule has 0 radical (unpaired) electrons. The highest BCUT2D eigenvalue weighted by Gasteiger charge is 2.27. The zero-order valence-electron chi connectivity index (χ0n) is 13.6. The number of phenolic OH excluding ortho intramolecular Hbond substituents is 1. The van der Waals surface area contributed by atoms with Gasteiger partial charge in [0.05, 0.1) is 11.6 Å². The SMILES string of the molecule is Cc1nc(N)nc(N2CCCC(C(N)=O)C2)c1-c1cccc(O)c1. The number of phenols is 1. The highest BCUT2D eigenvalue weighted by molar-refractivity contribution is 5.81. The summed E-state index contributed by atoms with van der Waals surface area (Å²) in [7, 11) is 0. The molecule has 1 atom stereocenters. The Morgan fingerprint density at radius 1 is 1.38 bits per heavy atom. The topological polar surface area (TPSA) is 118 Å². The van der Waals surface area contributed by atoms with Crippen molar-refractivity contribution in [2.24, 2.45) is 11.7 Å². The number of hydrogen-bond donors (Lipinski definition) is 3. The lowest BCUT2D eigenvalue weighted by molar-refractivity contribution is -0.122. The Morgan fingerprint density at radius 3 is 2.88 bits per heavy atom. The molecule has 1 aromatic heterocycles. The molecule has 5 N–H and O–H groups in total. The van der Waals surface area contributed by atoms with Crippen LogP contribution in [0.25, 0.3) is 11.1 Å². The van der Waals surface area contributed by atoms with Crippen LogP contribution in [0, 0.1) is 12.8 Å². The van der Waals surface area contributed by atoms with E-state index in [1.165, 1.54) is 0 Å². The Labute approximate surface area is 140 Å². The van der Waals surface area contributed by atoms with Gasteiger partial charge < -0.3 is 21.5 Å². The molecule has 126 valence electrons. The molecule has 7 nitrogen and oxygen atoms in total. The summed E-state index contributed by atoms with van der Waals surface area (Å²) >= 11 is 0. The number of aryl methyl sites for hydroxylation is 1. The van der Waals surface area contributed by atoms with Crippen LogP contribution in [0.2, 0.25) is 0 Å². The van der Waals surface area contributed by atoms with Crippen molar-refractivity contribution < 1.29 is 9.90 Å². The Morgan fingerprint density at radius 2 is 2.17 bits per heavy atom. The van der Waals surface area contributed by atoms with Crippen molar-refractivity contribution in [1.29, 1.82) is 0 Å². The maximum Gasteiger partial charge on any atom is 0.222 e. The predicted molar refractivity (Wildman–Crippen MR) is 92.4 cm³/mol. The molecule has 1 fully saturated rings. The van der Waals surface area contributed by atoms with Gasteiger partial charge >= 0.3 is 0 Å². The summed E-state index contributed by atoms with van der Waals surface area (Å²) in [5.74, 6) is 0.539. The second kappa shape index (κ2) is 6.35. The van der Waals surface area contributed by atoms with E-state index in [1.54, 1.807) is 18.2 Å². The number of carbonyl (C=O) groups is 1. The fourth-order valence-electron chi connectivity index (χ4n) is 3.21. The number of hydrogen-bond acceptors (Lipinski definition) is 6. The van der Waals surface area contributed by atoms with Crippen molar-refractivity contribution in [1.82, 2.24) is 9.97 Å². The van der Waals surface area contributed by atoms with Crippen LogP contribution in [-0.2, 0) is 4.79 Å². The molecule has 24 heavy (non-hydrogen) atoms. The Hall–Kier alpha value is -2.83. The van der Waals surface area contributed by atoms with E-state index < -0.39 is 0 Å². The molecule has 0 saturated carbocycles. The van der Waals surface area contributed by atoms with Crippen LogP contribution in [0.4, 0.5) is 11.8 Å². The second-order valence-corrected chi connectivity index (χ2v) is 6.10. The van der Waals surface area contributed by atoms with Crippen LogP contribution in [0.15, 0.2) is 24.3 Å². The number of aromatic nitrogens is 2. The summed E-state index contributed by atoms with van der Waals surface area (Å²) in [4.78, 5) is 22.3. The first-order chi connectivity index (χ1) is 11.5. The Bertz CT molecular complexity index is 778. The molecule has 7 heteroatoms. The number of carbonyl (C=O) groups excluding carboxylic acids is 1. The summed E-state index contributed by atoms with van der Waals surface area (Å²) in [5, 5.41) is 9.80. The third-order valence-corrected chi connectivity index (χ3v) is 4.35. The number of amides is 1. The van der Waals surface area contributed by atoms with Gasteiger partial charge in [0, 0.05) is 18.7 Å². The molecule has 1 aliphatic rings. The quantitative estimate of drug-likeness (QED) is 0.785. The smallest absolute Gasteiger partial charge is 0.222 e. The van der Waals surface area contributed by atoms with E-state index in [1.807, 2.05) is 17.9 Å². The van der Waals surface area contributed by atoms with Gasteiger partial charge in [-0.2, -0.15) is 4.98 Å². The summed E-state index contributed by atoms with van der Waals surface area (Å²) < 4.78 is 0. The van der Waals surface area contributed by atoms with Crippen molar-refractivity contribution in [3.8, 4) is 16.9 Å². The third kappa shape index (κ3) is 3.10. The van der Waals surface area contributed by atoms with Crippen LogP contribution in [0.1, 0.15) is 18.5 Å². The van der Waals surface area contributed by atoms with Crippen LogP contribution in [0.3, 0.4) is 0 Å². The van der Waals surface area contributed by atoms with Gasteiger partial charge in [-0.05, 0) is 37.5 Å². The number of rotatable bonds is 3. The summed E-state index contributed by atoms with van der Waals surface area (Å²) in [5.41, 5.74) is 13.7. The second-order valence-electron chi connectivity index (χ2n) is 6.10. The summed E-state index contributed by atoms with van der Waals surface area (Å²) in [6.45, 7) is 3.14. The number of primary amides is 1. The zero-order valence-corrected chi connectivity index (χ0v) is 13.6. The average Bonchev–Trinajstić information content (AvgIpc) is 2.54. The lowest BCUT2D eigenvalue weighted by atomic mass is 9.96. The van der Waals surface area contributed by atoms with Crippen molar-refractivity contribution in [2.75, 3.05) is 23.7 Å². The number of aromatic hydroxyl groups is 1. The van der Waals surface area contributed by atoms with E-state index in [-0.39, 0.29) is 23.5 Å². The molecule has 2 aromatic rings. The number of nitrogens with zero attached hydrogens (tertiary/aromatic N) is 3. The molecular weight excluding hydrogens is 306 g/mol. The normalized spacial score (nSPS) is 17.7. The molecule has 0 aliphatic carbocycles. The molecule has 1 aromatic carbocycles. The van der Waals surface area contributed by atoms with Crippen molar-refractivity contribution in [2.45, 2.75) is 19.8 Å². The number of nitrogens with two attached hydrogens (primary N) is 2. The minimum atomic E-state index is -0.294. The monoisotopic (exact) mass is 327 g/mol. The fraction of sp³-hybridized carbons (Fsp3) is 0.353. The van der Waals surface area contributed by atoms with Gasteiger partial charge in [-0.1, -0.05) is 12.1 Å². The van der Waals surface area contributed by atoms with E-state index in [2.05, 4.69) is 9.97 Å². The van der Waals surface area contributed by atoms with E-state index >= 15 is 0 Å². The molecule has 1 amide bonds. The van der Waals surface area contributed by atoms with Gasteiger partial charge in [0.15, 0.2) is 0 Å². The van der Waals surface area contributed by atoms with Crippen molar-refractivity contribution >= 4 is 17.7 Å². The van der Waals surface area contributed by atoms with Gasteiger partial charge in [-0.3, -0.25) is 4.79 Å². The van der Waals surface area contributed by atoms with E-state index in [0.29, 0.717) is 12.4 Å². The molecule has 0 spiro atoms. The molecule has 0 bridgehead atoms. The lowest BCUT2D eigenvalue weighted by Crippen LogP contribution is -2.42. The largest absolute Gasteiger partial charge is 0.508 e. The van der Waals surface area contributed by atoms with Crippen LogP contribution in [0.5, 0.6) is 5.75 Å². The van der Waals surface area contributed by atoms with E-state index in [9.17, 15) is 9.90 Å². The summed E-state index contributed by atoms with van der Waals surface area (Å²) in [6.07, 6.45) is 1.64. The minimum absolute atomic E-state index is 0.170. The highest BCUT2D eigenvalue weighted by atomic mass is 16.3. The molecule has 2 heterocycles. The predicted octanol–water partition coefficient (Wildman–Crippen LogP) is 1.44.